The summed E-state index contributed by atoms with van der Waals surface area (Å²) in [5, 5.41) is 7.61. The van der Waals surface area contributed by atoms with Gasteiger partial charge < -0.3 is 10.1 Å². The number of nitrogens with one attached hydrogen (secondary N) is 1. The molecule has 2 rings (SSSR count). The Morgan fingerprint density at radius 1 is 1.60 bits per heavy atom. The summed E-state index contributed by atoms with van der Waals surface area (Å²) in [6.45, 7) is 6.32. The summed E-state index contributed by atoms with van der Waals surface area (Å²) < 4.78 is 6.95. The van der Waals surface area contributed by atoms with Gasteiger partial charge in [-0.15, -0.1) is 0 Å². The summed E-state index contributed by atoms with van der Waals surface area (Å²) >= 11 is 6.13. The molecule has 0 spiro atoms. The third kappa shape index (κ3) is 3.52. The summed E-state index contributed by atoms with van der Waals surface area (Å²) in [4.78, 5) is 12.1. The van der Waals surface area contributed by atoms with E-state index in [0.717, 1.165) is 32.4 Å². The zero-order chi connectivity index (χ0) is 14.5. The lowest BCUT2D eigenvalue weighted by Crippen LogP contribution is -2.26. The zero-order valence-electron chi connectivity index (χ0n) is 12.1. The summed E-state index contributed by atoms with van der Waals surface area (Å²) in [5.41, 5.74) is 0.393. The molecule has 1 aliphatic rings. The Bertz CT molecular complexity index is 504. The van der Waals surface area contributed by atoms with Gasteiger partial charge in [0.15, 0.2) is 0 Å². The van der Waals surface area contributed by atoms with Crippen molar-refractivity contribution in [1.82, 2.24) is 9.78 Å². The molecule has 0 aliphatic carbocycles. The van der Waals surface area contributed by atoms with E-state index in [9.17, 15) is 4.79 Å². The molecule has 0 radical (unpaired) electrons. The van der Waals surface area contributed by atoms with Crippen LogP contribution in [0.4, 0.5) is 5.69 Å². The predicted octanol–water partition coefficient (Wildman–Crippen LogP) is 2.53. The van der Waals surface area contributed by atoms with Crippen LogP contribution in [0.15, 0.2) is 11.0 Å². The molecule has 5 nitrogen and oxygen atoms in total. The van der Waals surface area contributed by atoms with Gasteiger partial charge in [0.25, 0.3) is 5.56 Å². The lowest BCUT2D eigenvalue weighted by molar-refractivity contribution is 0.108. The maximum Gasteiger partial charge on any atom is 0.287 e. The van der Waals surface area contributed by atoms with E-state index in [1.165, 1.54) is 4.68 Å². The van der Waals surface area contributed by atoms with Crippen molar-refractivity contribution in [3.8, 4) is 0 Å². The van der Waals surface area contributed by atoms with E-state index in [-0.39, 0.29) is 16.7 Å². The average Bonchev–Trinajstić information content (AvgIpc) is 2.85. The number of hydrogen-bond acceptors (Lipinski definition) is 4. The van der Waals surface area contributed by atoms with Crippen molar-refractivity contribution in [2.75, 3.05) is 18.5 Å². The van der Waals surface area contributed by atoms with Gasteiger partial charge in [0.2, 0.25) is 0 Å². The normalized spacial score (nSPS) is 22.1. The number of rotatable bonds is 6. The van der Waals surface area contributed by atoms with E-state index >= 15 is 0 Å². The first-order valence-corrected chi connectivity index (χ1v) is 7.62. The molecule has 1 fully saturated rings. The fourth-order valence-corrected chi connectivity index (χ4v) is 2.55. The highest BCUT2D eigenvalue weighted by Gasteiger charge is 2.24. The first-order valence-electron chi connectivity index (χ1n) is 7.24. The first kappa shape index (κ1) is 15.3. The molecule has 2 heterocycles. The highest BCUT2D eigenvalue weighted by Crippen LogP contribution is 2.22. The number of halogens is 1. The van der Waals surface area contributed by atoms with Crippen LogP contribution in [0.3, 0.4) is 0 Å². The Morgan fingerprint density at radius 2 is 2.40 bits per heavy atom. The minimum Gasteiger partial charge on any atom is -0.382 e. The summed E-state index contributed by atoms with van der Waals surface area (Å²) in [6, 6.07) is 0. The summed E-state index contributed by atoms with van der Waals surface area (Å²) in [5.74, 6) is 0.452. The fourth-order valence-electron chi connectivity index (χ4n) is 2.34. The standard InChI is InChI=1S/C14H22ClN3O2/c1-3-4-6-18-14(19)13(15)12(9-17-18)16-8-11-5-7-20-10(11)2/h9-11,16H,3-8H2,1-2H3. The molecule has 0 bridgehead atoms. The minimum atomic E-state index is -0.221. The smallest absolute Gasteiger partial charge is 0.287 e. The SMILES string of the molecule is CCCCn1ncc(NCC2CCOC2C)c(Cl)c1=O. The van der Waals surface area contributed by atoms with E-state index in [4.69, 9.17) is 16.3 Å². The van der Waals surface area contributed by atoms with Crippen molar-refractivity contribution in [3.63, 3.8) is 0 Å². The Morgan fingerprint density at radius 3 is 3.05 bits per heavy atom. The van der Waals surface area contributed by atoms with Crippen LogP contribution in [0.25, 0.3) is 0 Å². The number of hydrogen-bond donors (Lipinski definition) is 1. The molecule has 1 N–H and O–H groups in total. The highest BCUT2D eigenvalue weighted by atomic mass is 35.5. The second kappa shape index (κ2) is 7.09. The van der Waals surface area contributed by atoms with Gasteiger partial charge in [-0.1, -0.05) is 24.9 Å². The molecule has 0 amide bonds. The lowest BCUT2D eigenvalue weighted by Gasteiger charge is -2.16. The van der Waals surface area contributed by atoms with Crippen LogP contribution >= 0.6 is 11.6 Å². The van der Waals surface area contributed by atoms with E-state index in [1.807, 2.05) is 0 Å². The van der Waals surface area contributed by atoms with Crippen LogP contribution < -0.4 is 10.9 Å². The fraction of sp³-hybridized carbons (Fsp3) is 0.714. The number of ether oxygens (including phenoxy) is 1. The molecule has 1 aromatic rings. The van der Waals surface area contributed by atoms with Crippen LogP contribution in [-0.4, -0.2) is 29.0 Å². The van der Waals surface area contributed by atoms with Gasteiger partial charge in [-0.25, -0.2) is 4.68 Å². The Kier molecular flexibility index (Phi) is 5.43. The van der Waals surface area contributed by atoms with E-state index < -0.39 is 0 Å². The number of aromatic nitrogens is 2. The van der Waals surface area contributed by atoms with Gasteiger partial charge in [0.05, 0.1) is 18.0 Å². The molecule has 20 heavy (non-hydrogen) atoms. The second-order valence-corrected chi connectivity index (χ2v) is 5.64. The quantitative estimate of drug-likeness (QED) is 0.877. The topological polar surface area (TPSA) is 56.1 Å². The third-order valence-electron chi connectivity index (χ3n) is 3.80. The Hall–Kier alpha value is -1.07. The van der Waals surface area contributed by atoms with Gasteiger partial charge in [0, 0.05) is 25.6 Å². The maximum atomic E-state index is 12.1. The molecule has 2 unspecified atom stereocenters. The molecule has 1 aliphatic heterocycles. The minimum absolute atomic E-state index is 0.221. The van der Waals surface area contributed by atoms with E-state index in [2.05, 4.69) is 24.3 Å². The molecule has 1 saturated heterocycles. The molecular formula is C14H22ClN3O2. The number of aryl methyl sites for hydroxylation is 1. The highest BCUT2D eigenvalue weighted by molar-refractivity contribution is 6.32. The van der Waals surface area contributed by atoms with Gasteiger partial charge in [-0.3, -0.25) is 4.79 Å². The summed E-state index contributed by atoms with van der Waals surface area (Å²) in [7, 11) is 0. The van der Waals surface area contributed by atoms with Crippen LogP contribution in [0.1, 0.15) is 33.1 Å². The number of nitrogens with zero attached hydrogens (tertiary/aromatic N) is 2. The van der Waals surface area contributed by atoms with Crippen molar-refractivity contribution in [1.29, 1.82) is 0 Å². The molecule has 0 saturated carbocycles. The molecule has 1 aromatic heterocycles. The van der Waals surface area contributed by atoms with Crippen molar-refractivity contribution >= 4 is 17.3 Å². The van der Waals surface area contributed by atoms with Gasteiger partial charge in [-0.05, 0) is 19.8 Å². The maximum absolute atomic E-state index is 12.1. The molecular weight excluding hydrogens is 278 g/mol. The monoisotopic (exact) mass is 299 g/mol. The number of anilines is 1. The second-order valence-electron chi connectivity index (χ2n) is 5.26. The Labute approximate surface area is 124 Å². The Balaban J connectivity index is 2.01. The van der Waals surface area contributed by atoms with Gasteiger partial charge in [0.1, 0.15) is 5.02 Å². The average molecular weight is 300 g/mol. The zero-order valence-corrected chi connectivity index (χ0v) is 12.8. The molecule has 2 atom stereocenters. The van der Waals surface area contributed by atoms with Gasteiger partial charge in [-0.2, -0.15) is 5.10 Å². The summed E-state index contributed by atoms with van der Waals surface area (Å²) in [6.07, 6.45) is 4.87. The predicted molar refractivity (Wildman–Crippen MR) is 80.4 cm³/mol. The molecule has 112 valence electrons. The molecule has 6 heteroatoms. The van der Waals surface area contributed by atoms with Crippen molar-refractivity contribution in [2.45, 2.75) is 45.8 Å². The largest absolute Gasteiger partial charge is 0.382 e. The van der Waals surface area contributed by atoms with Crippen molar-refractivity contribution in [2.24, 2.45) is 5.92 Å². The number of unbranched alkanes of at least 4 members (excludes halogenated alkanes) is 1. The van der Waals surface area contributed by atoms with Crippen molar-refractivity contribution in [3.05, 3.63) is 21.6 Å². The van der Waals surface area contributed by atoms with Crippen molar-refractivity contribution < 1.29 is 4.74 Å². The van der Waals surface area contributed by atoms with E-state index in [0.29, 0.717) is 18.2 Å². The van der Waals surface area contributed by atoms with E-state index in [1.54, 1.807) is 6.20 Å². The van der Waals surface area contributed by atoms with Crippen LogP contribution in [-0.2, 0) is 11.3 Å². The van der Waals surface area contributed by atoms with Crippen LogP contribution in [0.2, 0.25) is 5.02 Å². The molecule has 0 aromatic carbocycles. The van der Waals surface area contributed by atoms with Crippen LogP contribution in [0.5, 0.6) is 0 Å². The first-order chi connectivity index (χ1) is 9.63. The van der Waals surface area contributed by atoms with Gasteiger partial charge >= 0.3 is 0 Å². The third-order valence-corrected chi connectivity index (χ3v) is 4.16. The lowest BCUT2D eigenvalue weighted by atomic mass is 10.0. The van der Waals surface area contributed by atoms with Crippen LogP contribution in [0, 0.1) is 5.92 Å².